The maximum absolute atomic E-state index is 12.7. The van der Waals surface area contributed by atoms with Crippen molar-refractivity contribution in [1.29, 1.82) is 0 Å². The van der Waals surface area contributed by atoms with E-state index in [1.54, 1.807) is 0 Å². The number of hydrogen-bond donors (Lipinski definition) is 4. The van der Waals surface area contributed by atoms with Gasteiger partial charge >= 0.3 is 5.97 Å². The van der Waals surface area contributed by atoms with Crippen molar-refractivity contribution >= 4 is 27.7 Å². The number of aliphatic hydroxyl groups is 1. The quantitative estimate of drug-likeness (QED) is 0.359. The highest BCUT2D eigenvalue weighted by Crippen LogP contribution is 2.49. The van der Waals surface area contributed by atoms with Crippen LogP contribution in [-0.2, 0) is 19.4 Å². The lowest BCUT2D eigenvalue weighted by atomic mass is 9.82. The molecule has 1 spiro atoms. The van der Waals surface area contributed by atoms with Gasteiger partial charge in [-0.15, -0.1) is 0 Å². The third-order valence-electron chi connectivity index (χ3n) is 6.23. The molecule has 0 bridgehead atoms. The number of rotatable bonds is 3. The summed E-state index contributed by atoms with van der Waals surface area (Å²) in [6, 6.07) is -0.720. The van der Waals surface area contributed by atoms with E-state index in [4.69, 9.17) is 16.2 Å². The van der Waals surface area contributed by atoms with Gasteiger partial charge in [-0.2, -0.15) is 5.06 Å². The molecular weight excluding hydrogens is 416 g/mol. The molecule has 0 amide bonds. The monoisotopic (exact) mass is 440 g/mol. The maximum Gasteiger partial charge on any atom is 0.334 e. The van der Waals surface area contributed by atoms with Gasteiger partial charge in [-0.25, -0.2) is 18.2 Å². The fraction of sp³-hybridized carbons (Fsp3) is 0.588. The number of guanidine groups is 2. The molecule has 1 aliphatic carbocycles. The van der Waals surface area contributed by atoms with Crippen LogP contribution in [-0.4, -0.2) is 89.3 Å². The van der Waals surface area contributed by atoms with Crippen LogP contribution in [0.5, 0.6) is 0 Å². The molecule has 12 nitrogen and oxygen atoms in total. The van der Waals surface area contributed by atoms with E-state index in [9.17, 15) is 23.5 Å². The summed E-state index contributed by atoms with van der Waals surface area (Å²) in [7, 11) is -3.33. The summed E-state index contributed by atoms with van der Waals surface area (Å²) in [5.74, 6) is -0.828. The fourth-order valence-electron chi connectivity index (χ4n) is 4.61. The van der Waals surface area contributed by atoms with Gasteiger partial charge in [0.25, 0.3) is 0 Å². The molecule has 4 atom stereocenters. The number of aliphatic imine (C=N–C) groups is 2. The molecule has 0 radical (unpaired) electrons. The van der Waals surface area contributed by atoms with Gasteiger partial charge in [0.15, 0.2) is 27.6 Å². The number of ether oxygens (including phenoxy) is 1. The van der Waals surface area contributed by atoms with Crippen molar-refractivity contribution in [3.63, 3.8) is 0 Å². The number of nitrogens with zero attached hydrogens (tertiary/aromatic N) is 4. The standard InChI is InChI=1S/C17H24N6O6S/c1-16(25)12(29-13(24)9-3-5-10(6-4-9)30(2,27)28)8-22-14(18)20-7-11-17(16,22)23(26)15(19)21-11/h3,5,11-12,25-26H,4,6-8H2,1-2H3,(H2,18,20)(H2,19,21)/t11?,12-,16-,17?/m0/s1. The molecule has 0 aromatic carbocycles. The lowest BCUT2D eigenvalue weighted by Crippen LogP contribution is -2.75. The Labute approximate surface area is 173 Å². The van der Waals surface area contributed by atoms with E-state index in [1.165, 1.54) is 24.0 Å². The Kier molecular flexibility index (Phi) is 4.42. The van der Waals surface area contributed by atoms with Gasteiger partial charge in [-0.05, 0) is 25.8 Å². The number of carbonyl (C=O) groups excluding carboxylic acids is 1. The van der Waals surface area contributed by atoms with Crippen molar-refractivity contribution in [3.8, 4) is 0 Å². The second-order valence-corrected chi connectivity index (χ2v) is 10.1. The molecule has 3 aliphatic heterocycles. The van der Waals surface area contributed by atoms with Crippen LogP contribution < -0.4 is 11.5 Å². The number of hydroxylamine groups is 2. The highest BCUT2D eigenvalue weighted by atomic mass is 32.2. The molecule has 3 heterocycles. The van der Waals surface area contributed by atoms with Gasteiger partial charge in [-0.1, -0.05) is 6.08 Å². The van der Waals surface area contributed by atoms with Crippen LogP contribution in [0.3, 0.4) is 0 Å². The van der Waals surface area contributed by atoms with E-state index in [0.717, 1.165) is 6.26 Å². The average Bonchev–Trinajstić information content (AvgIpc) is 3.07. The van der Waals surface area contributed by atoms with Gasteiger partial charge < -0.3 is 26.2 Å². The van der Waals surface area contributed by atoms with Gasteiger partial charge in [0.2, 0.25) is 5.96 Å². The van der Waals surface area contributed by atoms with Crippen molar-refractivity contribution < 1.29 is 28.3 Å². The highest BCUT2D eigenvalue weighted by Gasteiger charge is 2.74. The minimum Gasteiger partial charge on any atom is -0.454 e. The average molecular weight is 440 g/mol. The second kappa shape index (κ2) is 6.43. The Morgan fingerprint density at radius 2 is 2.00 bits per heavy atom. The Bertz CT molecular complexity index is 1030. The summed E-state index contributed by atoms with van der Waals surface area (Å²) < 4.78 is 28.9. The number of allylic oxidation sites excluding steroid dienone is 3. The summed E-state index contributed by atoms with van der Waals surface area (Å²) in [6.45, 7) is 1.48. The molecule has 2 unspecified atom stereocenters. The molecule has 13 heteroatoms. The third kappa shape index (κ3) is 2.65. The normalized spacial score (nSPS) is 35.7. The maximum atomic E-state index is 12.7. The lowest BCUT2D eigenvalue weighted by molar-refractivity contribution is -0.228. The van der Waals surface area contributed by atoms with Crippen LogP contribution in [0.4, 0.5) is 0 Å². The van der Waals surface area contributed by atoms with Gasteiger partial charge in [-0.3, -0.25) is 10.2 Å². The van der Waals surface area contributed by atoms with Crippen LogP contribution in [0.25, 0.3) is 0 Å². The van der Waals surface area contributed by atoms with Gasteiger partial charge in [0.05, 0.1) is 13.1 Å². The number of esters is 1. The predicted octanol–water partition coefficient (Wildman–Crippen LogP) is -1.97. The van der Waals surface area contributed by atoms with E-state index >= 15 is 0 Å². The zero-order valence-corrected chi connectivity index (χ0v) is 17.3. The topological polar surface area (TPSA) is 184 Å². The van der Waals surface area contributed by atoms with Crippen molar-refractivity contribution in [2.75, 3.05) is 19.3 Å². The summed E-state index contributed by atoms with van der Waals surface area (Å²) in [4.78, 5) is 22.8. The molecule has 0 saturated carbocycles. The summed E-state index contributed by atoms with van der Waals surface area (Å²) >= 11 is 0. The molecule has 164 valence electrons. The first-order valence-corrected chi connectivity index (χ1v) is 11.2. The minimum absolute atomic E-state index is 0.0395. The predicted molar refractivity (Wildman–Crippen MR) is 106 cm³/mol. The zero-order chi connectivity index (χ0) is 22.1. The van der Waals surface area contributed by atoms with Crippen molar-refractivity contribution in [2.24, 2.45) is 21.5 Å². The Hall–Kier alpha value is -2.64. The van der Waals surface area contributed by atoms with E-state index < -0.39 is 39.2 Å². The van der Waals surface area contributed by atoms with Crippen LogP contribution >= 0.6 is 0 Å². The van der Waals surface area contributed by atoms with Crippen LogP contribution in [0.1, 0.15) is 19.8 Å². The first-order chi connectivity index (χ1) is 13.9. The number of hydrogen-bond acceptors (Lipinski definition) is 12. The third-order valence-corrected chi connectivity index (χ3v) is 7.52. The van der Waals surface area contributed by atoms with Crippen LogP contribution in [0.2, 0.25) is 0 Å². The van der Waals surface area contributed by atoms with Crippen molar-refractivity contribution in [1.82, 2.24) is 9.96 Å². The smallest absolute Gasteiger partial charge is 0.334 e. The van der Waals surface area contributed by atoms with Gasteiger partial charge in [0, 0.05) is 16.7 Å². The van der Waals surface area contributed by atoms with Gasteiger partial charge in [0.1, 0.15) is 11.6 Å². The van der Waals surface area contributed by atoms with E-state index in [2.05, 4.69) is 9.98 Å². The largest absolute Gasteiger partial charge is 0.454 e. The fourth-order valence-corrected chi connectivity index (χ4v) is 5.40. The molecule has 4 rings (SSSR count). The second-order valence-electron chi connectivity index (χ2n) is 7.99. The molecule has 30 heavy (non-hydrogen) atoms. The first kappa shape index (κ1) is 20.6. The molecule has 1 fully saturated rings. The summed E-state index contributed by atoms with van der Waals surface area (Å²) in [5, 5.41) is 22.8. The number of carbonyl (C=O) groups is 1. The first-order valence-electron chi connectivity index (χ1n) is 9.33. The Balaban J connectivity index is 1.62. The molecule has 4 aliphatic rings. The summed E-state index contributed by atoms with van der Waals surface area (Å²) in [5.41, 5.74) is 8.71. The van der Waals surface area contributed by atoms with Crippen molar-refractivity contribution in [2.45, 2.75) is 43.2 Å². The molecule has 6 N–H and O–H groups in total. The number of nitrogens with two attached hydrogens (primary N) is 2. The molecule has 0 aromatic heterocycles. The Morgan fingerprint density at radius 3 is 2.60 bits per heavy atom. The van der Waals surface area contributed by atoms with Crippen molar-refractivity contribution in [3.05, 3.63) is 22.6 Å². The Morgan fingerprint density at radius 1 is 1.30 bits per heavy atom. The summed E-state index contributed by atoms with van der Waals surface area (Å²) in [6.07, 6.45) is 3.19. The zero-order valence-electron chi connectivity index (χ0n) is 16.5. The number of sulfone groups is 1. The molecule has 1 saturated heterocycles. The van der Waals surface area contributed by atoms with Crippen LogP contribution in [0, 0.1) is 0 Å². The van der Waals surface area contributed by atoms with E-state index in [0.29, 0.717) is 5.06 Å². The molecule has 0 aromatic rings. The minimum atomic E-state index is -3.33. The van der Waals surface area contributed by atoms with E-state index in [1.807, 2.05) is 0 Å². The SMILES string of the molecule is C[C@]1(O)[C@@H](OC(=O)C2=CC=C(S(C)(=O)=O)CC2)CN2C(N)=NCC3N=C(N)N(O)C321. The lowest BCUT2D eigenvalue weighted by Gasteiger charge is -2.50. The van der Waals surface area contributed by atoms with Crippen LogP contribution in [0.15, 0.2) is 32.6 Å². The molecular formula is C17H24N6O6S. The van der Waals surface area contributed by atoms with E-state index in [-0.39, 0.29) is 48.3 Å². The highest BCUT2D eigenvalue weighted by molar-refractivity contribution is 7.94.